The molecule has 2 atom stereocenters. The Kier molecular flexibility index (Phi) is 3.73. The molecule has 2 unspecified atom stereocenters. The number of fused-ring (bicyclic) bond motifs is 1. The molecule has 0 aliphatic carbocycles. The number of benzene rings is 1. The highest BCUT2D eigenvalue weighted by atomic mass is 16.5. The summed E-state index contributed by atoms with van der Waals surface area (Å²) >= 11 is 0. The molecule has 4 nitrogen and oxygen atoms in total. The maximum Gasteiger partial charge on any atom is 0.0702 e. The van der Waals surface area contributed by atoms with Crippen LogP contribution in [0.25, 0.3) is 10.9 Å². The van der Waals surface area contributed by atoms with Crippen molar-refractivity contribution in [2.75, 3.05) is 13.2 Å². The summed E-state index contributed by atoms with van der Waals surface area (Å²) < 4.78 is 5.56. The van der Waals surface area contributed by atoms with E-state index in [9.17, 15) is 0 Å². The van der Waals surface area contributed by atoms with Crippen molar-refractivity contribution in [3.05, 3.63) is 42.1 Å². The number of para-hydroxylation sites is 1. The Morgan fingerprint density at radius 1 is 1.37 bits per heavy atom. The van der Waals surface area contributed by atoms with Crippen molar-refractivity contribution in [3.63, 3.8) is 0 Å². The fourth-order valence-corrected chi connectivity index (χ4v) is 2.79. The van der Waals surface area contributed by atoms with Gasteiger partial charge in [-0.3, -0.25) is 16.3 Å². The Hall–Kier alpha value is -1.49. The zero-order valence-electron chi connectivity index (χ0n) is 10.9. The number of hydrogen-bond acceptors (Lipinski definition) is 4. The van der Waals surface area contributed by atoms with Crippen LogP contribution in [0, 0.1) is 5.92 Å². The van der Waals surface area contributed by atoms with Crippen LogP contribution in [-0.2, 0) is 4.74 Å². The minimum atomic E-state index is 0.109. The molecule has 100 valence electrons. The Bertz CT molecular complexity index is 552. The summed E-state index contributed by atoms with van der Waals surface area (Å²) in [5.74, 6) is 6.16. The Balaban J connectivity index is 1.91. The molecule has 1 aliphatic rings. The van der Waals surface area contributed by atoms with Gasteiger partial charge in [0, 0.05) is 24.1 Å². The van der Waals surface area contributed by atoms with E-state index in [1.54, 1.807) is 0 Å². The Morgan fingerprint density at radius 2 is 2.26 bits per heavy atom. The number of hydrogen-bond donors (Lipinski definition) is 2. The van der Waals surface area contributed by atoms with Gasteiger partial charge in [-0.2, -0.15) is 0 Å². The number of nitrogens with one attached hydrogen (secondary N) is 1. The molecular weight excluding hydrogens is 238 g/mol. The highest BCUT2D eigenvalue weighted by molar-refractivity contribution is 5.78. The van der Waals surface area contributed by atoms with Crippen LogP contribution < -0.4 is 11.3 Å². The molecule has 1 aliphatic heterocycles. The van der Waals surface area contributed by atoms with Crippen molar-refractivity contribution in [2.45, 2.75) is 18.9 Å². The number of nitrogens with zero attached hydrogens (tertiary/aromatic N) is 1. The Labute approximate surface area is 112 Å². The minimum absolute atomic E-state index is 0.109. The summed E-state index contributed by atoms with van der Waals surface area (Å²) in [4.78, 5) is 4.51. The van der Waals surface area contributed by atoms with Crippen LogP contribution in [0.3, 0.4) is 0 Å². The van der Waals surface area contributed by atoms with Crippen LogP contribution >= 0.6 is 0 Å². The average Bonchev–Trinajstić information content (AvgIpc) is 2.49. The molecule has 19 heavy (non-hydrogen) atoms. The van der Waals surface area contributed by atoms with Gasteiger partial charge in [-0.1, -0.05) is 18.2 Å². The molecule has 2 heterocycles. The van der Waals surface area contributed by atoms with E-state index < -0.39 is 0 Å². The van der Waals surface area contributed by atoms with E-state index in [0.29, 0.717) is 5.92 Å². The highest BCUT2D eigenvalue weighted by Gasteiger charge is 2.25. The zero-order chi connectivity index (χ0) is 13.1. The van der Waals surface area contributed by atoms with Crippen molar-refractivity contribution >= 4 is 10.9 Å². The van der Waals surface area contributed by atoms with Gasteiger partial charge in [0.15, 0.2) is 0 Å². The normalized spacial score (nSPS) is 21.4. The van der Waals surface area contributed by atoms with Crippen LogP contribution in [0.1, 0.15) is 24.4 Å². The van der Waals surface area contributed by atoms with E-state index in [0.717, 1.165) is 42.5 Å². The predicted octanol–water partition coefficient (Wildman–Crippen LogP) is 2.17. The van der Waals surface area contributed by atoms with Gasteiger partial charge in [-0.25, -0.2) is 0 Å². The summed E-state index contributed by atoms with van der Waals surface area (Å²) in [6.07, 6.45) is 4.16. The van der Waals surface area contributed by atoms with E-state index >= 15 is 0 Å². The fourth-order valence-electron chi connectivity index (χ4n) is 2.79. The Morgan fingerprint density at radius 3 is 3.05 bits per heavy atom. The quantitative estimate of drug-likeness (QED) is 0.653. The van der Waals surface area contributed by atoms with Gasteiger partial charge in [0.25, 0.3) is 0 Å². The van der Waals surface area contributed by atoms with Gasteiger partial charge in [0.2, 0.25) is 0 Å². The molecule has 0 spiro atoms. The van der Waals surface area contributed by atoms with Gasteiger partial charge in [0.05, 0.1) is 18.2 Å². The first-order chi connectivity index (χ1) is 9.38. The smallest absolute Gasteiger partial charge is 0.0702 e. The van der Waals surface area contributed by atoms with Gasteiger partial charge in [-0.15, -0.1) is 0 Å². The largest absolute Gasteiger partial charge is 0.381 e. The topological polar surface area (TPSA) is 60.2 Å². The number of nitrogens with two attached hydrogens (primary N) is 1. The molecule has 4 heteroatoms. The number of rotatable bonds is 3. The lowest BCUT2D eigenvalue weighted by Gasteiger charge is -2.30. The molecule has 0 radical (unpaired) electrons. The number of hydrazine groups is 1. The number of ether oxygens (including phenoxy) is 1. The van der Waals surface area contributed by atoms with Gasteiger partial charge in [0.1, 0.15) is 0 Å². The number of pyridine rings is 1. The first-order valence-corrected chi connectivity index (χ1v) is 6.77. The lowest BCUT2D eigenvalue weighted by Crippen LogP contribution is -2.37. The van der Waals surface area contributed by atoms with E-state index in [1.807, 2.05) is 24.4 Å². The summed E-state index contributed by atoms with van der Waals surface area (Å²) in [6.45, 7) is 1.63. The maximum absolute atomic E-state index is 5.75. The molecule has 1 saturated heterocycles. The third-order valence-electron chi connectivity index (χ3n) is 3.82. The standard InChI is InChI=1S/C15H19N3O/c16-18-15(12-5-3-7-19-10-12)13-8-11-4-1-2-6-14(11)17-9-13/h1-2,4,6,8-9,12,15,18H,3,5,7,10,16H2. The second-order valence-electron chi connectivity index (χ2n) is 5.08. The second kappa shape index (κ2) is 5.65. The van der Waals surface area contributed by atoms with Gasteiger partial charge < -0.3 is 4.74 Å². The lowest BCUT2D eigenvalue weighted by atomic mass is 9.89. The van der Waals surface area contributed by atoms with E-state index in [4.69, 9.17) is 10.6 Å². The molecular formula is C15H19N3O. The monoisotopic (exact) mass is 257 g/mol. The van der Waals surface area contributed by atoms with E-state index in [2.05, 4.69) is 22.5 Å². The second-order valence-corrected chi connectivity index (χ2v) is 5.08. The molecule has 2 aromatic rings. The fraction of sp³-hybridized carbons (Fsp3) is 0.400. The molecule has 0 saturated carbocycles. The molecule has 1 fully saturated rings. The van der Waals surface area contributed by atoms with E-state index in [-0.39, 0.29) is 6.04 Å². The summed E-state index contributed by atoms with van der Waals surface area (Å²) in [7, 11) is 0. The van der Waals surface area contributed by atoms with Crippen LogP contribution in [0.5, 0.6) is 0 Å². The minimum Gasteiger partial charge on any atom is -0.381 e. The molecule has 0 amide bonds. The summed E-state index contributed by atoms with van der Waals surface area (Å²) in [5.41, 5.74) is 5.08. The van der Waals surface area contributed by atoms with Crippen molar-refractivity contribution in [1.82, 2.24) is 10.4 Å². The average molecular weight is 257 g/mol. The molecule has 0 bridgehead atoms. The van der Waals surface area contributed by atoms with Gasteiger partial charge in [-0.05, 0) is 30.5 Å². The molecule has 1 aromatic heterocycles. The van der Waals surface area contributed by atoms with Crippen LogP contribution in [-0.4, -0.2) is 18.2 Å². The van der Waals surface area contributed by atoms with Gasteiger partial charge >= 0.3 is 0 Å². The summed E-state index contributed by atoms with van der Waals surface area (Å²) in [5, 5.41) is 1.15. The van der Waals surface area contributed by atoms with Crippen LogP contribution in [0.15, 0.2) is 36.5 Å². The van der Waals surface area contributed by atoms with Crippen molar-refractivity contribution in [2.24, 2.45) is 11.8 Å². The summed E-state index contributed by atoms with van der Waals surface area (Å²) in [6, 6.07) is 10.4. The molecule has 3 rings (SSSR count). The first-order valence-electron chi connectivity index (χ1n) is 6.77. The van der Waals surface area contributed by atoms with Crippen LogP contribution in [0.2, 0.25) is 0 Å². The molecule has 1 aromatic carbocycles. The van der Waals surface area contributed by atoms with Crippen molar-refractivity contribution in [3.8, 4) is 0 Å². The SMILES string of the molecule is NNC(c1cnc2ccccc2c1)C1CCCOC1. The third-order valence-corrected chi connectivity index (χ3v) is 3.82. The van der Waals surface area contributed by atoms with Crippen LogP contribution in [0.4, 0.5) is 0 Å². The maximum atomic E-state index is 5.75. The lowest BCUT2D eigenvalue weighted by molar-refractivity contribution is 0.0390. The number of aromatic nitrogens is 1. The molecule has 3 N–H and O–H groups in total. The third kappa shape index (κ3) is 2.61. The van der Waals surface area contributed by atoms with Crippen molar-refractivity contribution in [1.29, 1.82) is 0 Å². The predicted molar refractivity (Wildman–Crippen MR) is 75.4 cm³/mol. The van der Waals surface area contributed by atoms with Crippen molar-refractivity contribution < 1.29 is 4.74 Å². The highest BCUT2D eigenvalue weighted by Crippen LogP contribution is 2.29. The van der Waals surface area contributed by atoms with E-state index in [1.165, 1.54) is 0 Å². The first kappa shape index (κ1) is 12.5. The zero-order valence-corrected chi connectivity index (χ0v) is 10.9.